The van der Waals surface area contributed by atoms with Crippen molar-refractivity contribution in [3.8, 4) is 0 Å². The molecule has 4 N–H and O–H groups in total. The number of piperidine rings is 4. The molecular weight excluding hydrogens is 757 g/mol. The Morgan fingerprint density at radius 2 is 1.68 bits per heavy atom. The number of nitrogens with one attached hydrogen (secondary N) is 2. The highest BCUT2D eigenvalue weighted by molar-refractivity contribution is 6.23. The van der Waals surface area contributed by atoms with Crippen molar-refractivity contribution in [3.63, 3.8) is 0 Å². The Balaban J connectivity index is 0.764. The minimum atomic E-state index is -0.980. The van der Waals surface area contributed by atoms with E-state index < -0.39 is 35.6 Å². The van der Waals surface area contributed by atoms with Crippen molar-refractivity contribution < 1.29 is 28.8 Å². The predicted molar refractivity (Wildman–Crippen MR) is 215 cm³/mol. The van der Waals surface area contributed by atoms with Crippen LogP contribution in [0.5, 0.6) is 0 Å². The van der Waals surface area contributed by atoms with E-state index >= 15 is 0 Å². The second kappa shape index (κ2) is 15.4. The molecule has 6 aliphatic heterocycles. The molecule has 3 aromatic rings. The van der Waals surface area contributed by atoms with E-state index in [1.807, 2.05) is 6.07 Å². The SMILES string of the molecule is Cn1cc(Nc2nc(N3CCC[C@@H](N4CCC5(CCN(CC6CCN(c7ccc8c(c7)C(=O)N(C7CCC(=O)NC7=O)C8=O)CC6)CC5)C4=O)C3)cnc2C(N)=O)cn1. The van der Waals surface area contributed by atoms with Gasteiger partial charge in [-0.05, 0) is 88.6 Å². The standard InChI is InChI=1S/C41H50N12O6/c1-48-23-26(20-44-48)45-36-34(35(42)55)43-21-32(46-36)51-13-2-3-28(24-51)52-18-12-41(40(52)59)10-16-49(17-11-41)22-25-8-14-50(15-9-25)27-4-5-29-30(19-27)39(58)53(38(29)57)31-6-7-33(54)47-37(31)56/h4-5,19-21,23,25,28,31H,2-3,6-18,22,24H2,1H3,(H2,42,55)(H,45,46)(H,47,54,56)/t28-,31?/m1/s1. The van der Waals surface area contributed by atoms with Crippen LogP contribution in [0.1, 0.15) is 89.0 Å². The first kappa shape index (κ1) is 38.6. The van der Waals surface area contributed by atoms with Gasteiger partial charge in [-0.15, -0.1) is 0 Å². The Labute approximate surface area is 341 Å². The van der Waals surface area contributed by atoms with Crippen molar-refractivity contribution in [2.75, 3.05) is 67.5 Å². The second-order valence-corrected chi connectivity index (χ2v) is 17.0. The second-order valence-electron chi connectivity index (χ2n) is 17.0. The van der Waals surface area contributed by atoms with E-state index in [1.54, 1.807) is 42.5 Å². The first-order chi connectivity index (χ1) is 28.5. The summed E-state index contributed by atoms with van der Waals surface area (Å²) in [6.45, 7) is 6.62. The Kier molecular flexibility index (Phi) is 10.0. The Hall–Kier alpha value is -5.91. The van der Waals surface area contributed by atoms with Crippen molar-refractivity contribution in [2.24, 2.45) is 24.1 Å². The molecular formula is C41H50N12O6. The summed E-state index contributed by atoms with van der Waals surface area (Å²) in [5.41, 5.74) is 7.50. The summed E-state index contributed by atoms with van der Waals surface area (Å²) in [5.74, 6) is -0.966. The third kappa shape index (κ3) is 7.27. The number of carbonyl (C=O) groups excluding carboxylic acids is 6. The highest BCUT2D eigenvalue weighted by Crippen LogP contribution is 2.44. The molecule has 6 amide bonds. The number of nitrogens with zero attached hydrogens (tertiary/aromatic N) is 9. The topological polar surface area (TPSA) is 212 Å². The molecule has 2 aromatic heterocycles. The van der Waals surface area contributed by atoms with Crippen LogP contribution in [0.15, 0.2) is 36.8 Å². The third-order valence-corrected chi connectivity index (χ3v) is 13.4. The number of aryl methyl sites for hydroxylation is 1. The summed E-state index contributed by atoms with van der Waals surface area (Å²) >= 11 is 0. The average molecular weight is 807 g/mol. The van der Waals surface area contributed by atoms with Crippen molar-refractivity contribution >= 4 is 58.5 Å². The number of nitrogens with two attached hydrogens (primary N) is 1. The molecule has 0 aliphatic carbocycles. The smallest absolute Gasteiger partial charge is 0.271 e. The average Bonchev–Trinajstić information content (AvgIpc) is 3.87. The molecule has 0 saturated carbocycles. The van der Waals surface area contributed by atoms with Crippen LogP contribution in [0.4, 0.5) is 23.0 Å². The van der Waals surface area contributed by atoms with Gasteiger partial charge in [0.15, 0.2) is 11.5 Å². The fourth-order valence-electron chi connectivity index (χ4n) is 10.1. The lowest BCUT2D eigenvalue weighted by Gasteiger charge is -2.42. The summed E-state index contributed by atoms with van der Waals surface area (Å²) < 4.78 is 1.64. The number of fused-ring (bicyclic) bond motifs is 1. The van der Waals surface area contributed by atoms with Gasteiger partial charge >= 0.3 is 0 Å². The third-order valence-electron chi connectivity index (χ3n) is 13.4. The number of likely N-dealkylation sites (tertiary alicyclic amines) is 2. The molecule has 8 heterocycles. The molecule has 5 saturated heterocycles. The number of primary amides is 1. The number of rotatable bonds is 9. The zero-order valence-corrected chi connectivity index (χ0v) is 33.3. The van der Waals surface area contributed by atoms with Crippen LogP contribution >= 0.6 is 0 Å². The highest BCUT2D eigenvalue weighted by Gasteiger charge is 2.50. The van der Waals surface area contributed by atoms with Crippen LogP contribution in [0, 0.1) is 11.3 Å². The molecule has 5 fully saturated rings. The van der Waals surface area contributed by atoms with Crippen molar-refractivity contribution in [1.29, 1.82) is 0 Å². The fraction of sp³-hybridized carbons (Fsp3) is 0.537. The first-order valence-corrected chi connectivity index (χ1v) is 20.8. The van der Waals surface area contributed by atoms with Crippen molar-refractivity contribution in [1.82, 2.24) is 39.8 Å². The summed E-state index contributed by atoms with van der Waals surface area (Å²) in [4.78, 5) is 96.2. The molecule has 2 atom stereocenters. The number of hydrogen-bond donors (Lipinski definition) is 3. The molecule has 18 nitrogen and oxygen atoms in total. The van der Waals surface area contributed by atoms with Gasteiger partial charge in [-0.25, -0.2) is 9.97 Å². The molecule has 310 valence electrons. The number of imide groups is 2. The van der Waals surface area contributed by atoms with Crippen LogP contribution in [0.3, 0.4) is 0 Å². The number of anilines is 4. The molecule has 1 unspecified atom stereocenters. The van der Waals surface area contributed by atoms with Gasteiger partial charge in [0.25, 0.3) is 17.7 Å². The molecule has 18 heteroatoms. The van der Waals surface area contributed by atoms with Crippen LogP contribution in [-0.2, 0) is 21.4 Å². The number of hydrogen-bond acceptors (Lipinski definition) is 13. The Morgan fingerprint density at radius 1 is 0.915 bits per heavy atom. The monoisotopic (exact) mass is 806 g/mol. The fourth-order valence-corrected chi connectivity index (χ4v) is 10.1. The van der Waals surface area contributed by atoms with E-state index in [9.17, 15) is 28.8 Å². The zero-order chi connectivity index (χ0) is 41.0. The van der Waals surface area contributed by atoms with E-state index in [0.29, 0.717) is 35.1 Å². The van der Waals surface area contributed by atoms with Gasteiger partial charge in [0.2, 0.25) is 17.7 Å². The number of amides is 6. The van der Waals surface area contributed by atoms with Crippen LogP contribution in [0.2, 0.25) is 0 Å². The maximum absolute atomic E-state index is 14.2. The van der Waals surface area contributed by atoms with E-state index in [4.69, 9.17) is 10.7 Å². The first-order valence-electron chi connectivity index (χ1n) is 20.8. The van der Waals surface area contributed by atoms with Gasteiger partial charge in [-0.2, -0.15) is 5.10 Å². The number of benzene rings is 1. The van der Waals surface area contributed by atoms with Crippen LogP contribution < -0.4 is 26.2 Å². The summed E-state index contributed by atoms with van der Waals surface area (Å²) in [7, 11) is 1.80. The van der Waals surface area contributed by atoms with Gasteiger partial charge in [-0.1, -0.05) is 0 Å². The molecule has 0 bridgehead atoms. The predicted octanol–water partition coefficient (Wildman–Crippen LogP) is 1.65. The molecule has 59 heavy (non-hydrogen) atoms. The normalized spacial score (nSPS) is 24.0. The highest BCUT2D eigenvalue weighted by atomic mass is 16.2. The zero-order valence-electron chi connectivity index (χ0n) is 33.3. The van der Waals surface area contributed by atoms with Gasteiger partial charge in [-0.3, -0.25) is 43.7 Å². The number of carbonyl (C=O) groups is 6. The summed E-state index contributed by atoms with van der Waals surface area (Å²) in [6, 6.07) is 4.42. The minimum absolute atomic E-state index is 0.0517. The lowest BCUT2D eigenvalue weighted by Crippen LogP contribution is -2.54. The van der Waals surface area contributed by atoms with Gasteiger partial charge in [0.1, 0.15) is 11.9 Å². The largest absolute Gasteiger partial charge is 0.371 e. The molecule has 1 aromatic carbocycles. The molecule has 0 radical (unpaired) electrons. The minimum Gasteiger partial charge on any atom is -0.371 e. The lowest BCUT2D eigenvalue weighted by molar-refractivity contribution is -0.140. The van der Waals surface area contributed by atoms with Gasteiger partial charge in [0, 0.05) is 70.7 Å². The molecule has 9 rings (SSSR count). The van der Waals surface area contributed by atoms with E-state index in [2.05, 4.69) is 40.3 Å². The maximum atomic E-state index is 14.2. The van der Waals surface area contributed by atoms with E-state index in [1.165, 1.54) is 0 Å². The van der Waals surface area contributed by atoms with Crippen LogP contribution in [0.25, 0.3) is 0 Å². The van der Waals surface area contributed by atoms with Crippen LogP contribution in [-0.4, -0.2) is 134 Å². The van der Waals surface area contributed by atoms with Crippen molar-refractivity contribution in [3.05, 3.63) is 53.6 Å². The molecule has 6 aliphatic rings. The van der Waals surface area contributed by atoms with Gasteiger partial charge < -0.3 is 30.7 Å². The summed E-state index contributed by atoms with van der Waals surface area (Å²) in [6.07, 6.45) is 11.6. The van der Waals surface area contributed by atoms with E-state index in [-0.39, 0.29) is 41.7 Å². The lowest BCUT2D eigenvalue weighted by atomic mass is 9.76. The number of aromatic nitrogens is 4. The van der Waals surface area contributed by atoms with Crippen molar-refractivity contribution in [2.45, 2.75) is 69.9 Å². The Bertz CT molecular complexity index is 2210. The summed E-state index contributed by atoms with van der Waals surface area (Å²) in [5, 5.41) is 9.55. The Morgan fingerprint density at radius 3 is 2.41 bits per heavy atom. The van der Waals surface area contributed by atoms with E-state index in [0.717, 1.165) is 101 Å². The molecule has 1 spiro atoms. The quantitative estimate of drug-likeness (QED) is 0.263. The van der Waals surface area contributed by atoms with Gasteiger partial charge in [0.05, 0.1) is 34.6 Å². The maximum Gasteiger partial charge on any atom is 0.271 e.